The molecule has 0 saturated carbocycles. The fourth-order valence-corrected chi connectivity index (χ4v) is 7.08. The van der Waals surface area contributed by atoms with Gasteiger partial charge >= 0.3 is 0 Å². The van der Waals surface area contributed by atoms with Crippen molar-refractivity contribution in [3.05, 3.63) is 63.6 Å². The maximum Gasteiger partial charge on any atom is 0.253 e. The van der Waals surface area contributed by atoms with Gasteiger partial charge in [0.05, 0.1) is 16.3 Å². The van der Waals surface area contributed by atoms with Gasteiger partial charge < -0.3 is 14.7 Å². The topological polar surface area (TPSA) is 81.2 Å². The highest BCUT2D eigenvalue weighted by Gasteiger charge is 2.32. The molecular weight excluding hydrogens is 595 g/mol. The van der Waals surface area contributed by atoms with Crippen molar-refractivity contribution in [1.82, 2.24) is 14.1 Å². The molecule has 0 bridgehead atoms. The number of hydrogen-bond acceptors (Lipinski definition) is 5. The summed E-state index contributed by atoms with van der Waals surface area (Å²) in [6, 6.07) is 13.3. The molecule has 0 radical (unpaired) electrons. The smallest absolute Gasteiger partial charge is 0.253 e. The maximum atomic E-state index is 13.7. The largest absolute Gasteiger partial charge is 0.345 e. The molecule has 0 N–H and O–H groups in total. The highest BCUT2D eigenvalue weighted by atomic mass is 35.5. The number of halogens is 2. The summed E-state index contributed by atoms with van der Waals surface area (Å²) in [6.45, 7) is 4.21. The predicted octanol–water partition coefficient (Wildman–Crippen LogP) is 5.04. The van der Waals surface area contributed by atoms with Crippen LogP contribution in [0.25, 0.3) is 0 Å². The zero-order chi connectivity index (χ0) is 30.4. The van der Waals surface area contributed by atoms with Gasteiger partial charge in [0, 0.05) is 50.9 Å². The molecule has 2 saturated heterocycles. The first-order valence-electron chi connectivity index (χ1n) is 14.7. The Labute approximate surface area is 260 Å². The zero-order valence-electron chi connectivity index (χ0n) is 24.8. The third kappa shape index (κ3) is 8.69. The van der Waals surface area contributed by atoms with Gasteiger partial charge in [-0.05, 0) is 100.0 Å². The van der Waals surface area contributed by atoms with Crippen LogP contribution in [0.5, 0.6) is 0 Å². The summed E-state index contributed by atoms with van der Waals surface area (Å²) < 4.78 is 25.3. The molecule has 11 heteroatoms. The third-order valence-electron chi connectivity index (χ3n) is 8.45. The average molecular weight is 638 g/mol. The lowest BCUT2D eigenvalue weighted by molar-refractivity contribution is -0.123. The quantitative estimate of drug-likeness (QED) is 0.365. The Morgan fingerprint density at radius 1 is 0.905 bits per heavy atom. The fourth-order valence-electron chi connectivity index (χ4n) is 5.92. The normalized spacial score (nSPS) is 17.7. The van der Waals surface area contributed by atoms with E-state index < -0.39 is 10.0 Å². The van der Waals surface area contributed by atoms with Crippen LogP contribution in [0, 0.1) is 11.8 Å². The maximum absolute atomic E-state index is 13.7. The third-order valence-corrected chi connectivity index (χ3v) is 10.5. The van der Waals surface area contributed by atoms with Gasteiger partial charge in [-0.3, -0.25) is 9.59 Å². The van der Waals surface area contributed by atoms with E-state index in [1.165, 1.54) is 16.1 Å². The van der Waals surface area contributed by atoms with Gasteiger partial charge in [0.1, 0.15) is 0 Å². The molecular formula is C31H42Cl2N4O4S. The van der Waals surface area contributed by atoms with Crippen molar-refractivity contribution < 1.29 is 18.0 Å². The molecule has 2 aliphatic rings. The molecule has 2 aromatic carbocycles. The predicted molar refractivity (Wildman–Crippen MR) is 170 cm³/mol. The molecule has 2 fully saturated rings. The van der Waals surface area contributed by atoms with Gasteiger partial charge in [-0.2, -0.15) is 0 Å². The van der Waals surface area contributed by atoms with Gasteiger partial charge in [0.2, 0.25) is 15.9 Å². The van der Waals surface area contributed by atoms with Crippen LogP contribution in [-0.2, 0) is 21.2 Å². The molecule has 2 aromatic rings. The van der Waals surface area contributed by atoms with Crippen molar-refractivity contribution in [3.8, 4) is 0 Å². The van der Waals surface area contributed by atoms with E-state index in [-0.39, 0.29) is 17.7 Å². The number of likely N-dealkylation sites (tertiary alicyclic amines) is 1. The summed E-state index contributed by atoms with van der Waals surface area (Å²) >= 11 is 12.5. The molecule has 4 rings (SSSR count). The molecule has 0 unspecified atom stereocenters. The van der Waals surface area contributed by atoms with Crippen LogP contribution in [0.1, 0.15) is 48.0 Å². The Hall–Kier alpha value is -2.17. The Bertz CT molecular complexity index is 1340. The Kier molecular flexibility index (Phi) is 11.3. The Balaban J connectivity index is 1.29. The first-order valence-corrected chi connectivity index (χ1v) is 17.3. The van der Waals surface area contributed by atoms with Gasteiger partial charge in [-0.1, -0.05) is 35.3 Å². The minimum absolute atomic E-state index is 0.0125. The van der Waals surface area contributed by atoms with Crippen molar-refractivity contribution in [2.24, 2.45) is 11.8 Å². The summed E-state index contributed by atoms with van der Waals surface area (Å²) in [5.41, 5.74) is 2.70. The number of anilines is 1. The lowest BCUT2D eigenvalue weighted by atomic mass is 9.90. The summed E-state index contributed by atoms with van der Waals surface area (Å²) in [7, 11) is 0.270. The SMILES string of the molecule is CN(C)C(=O)c1ccc(CC2CCN(CCCN(C(=O)C3CCN(S(C)(=O)=O)CC3)c3ccc(Cl)c(Cl)c3)CC2)cc1. The minimum atomic E-state index is -3.26. The number of hydrogen-bond donors (Lipinski definition) is 0. The number of carbonyl (C=O) groups excluding carboxylic acids is 2. The summed E-state index contributed by atoms with van der Waals surface area (Å²) in [4.78, 5) is 31.7. The van der Waals surface area contributed by atoms with E-state index in [1.807, 2.05) is 18.2 Å². The van der Waals surface area contributed by atoms with Crippen LogP contribution in [0.15, 0.2) is 42.5 Å². The summed E-state index contributed by atoms with van der Waals surface area (Å²) in [6.07, 6.45) is 6.30. The van der Waals surface area contributed by atoms with Gasteiger partial charge in [0.25, 0.3) is 5.91 Å². The second-order valence-corrected chi connectivity index (χ2v) is 14.6. The number of benzene rings is 2. The van der Waals surface area contributed by atoms with Crippen molar-refractivity contribution >= 4 is 50.7 Å². The van der Waals surface area contributed by atoms with Gasteiger partial charge in [0.15, 0.2) is 0 Å². The Morgan fingerprint density at radius 3 is 2.12 bits per heavy atom. The highest BCUT2D eigenvalue weighted by Crippen LogP contribution is 2.30. The van der Waals surface area contributed by atoms with Crippen LogP contribution in [0.4, 0.5) is 5.69 Å². The second kappa shape index (κ2) is 14.5. The van der Waals surface area contributed by atoms with Gasteiger partial charge in [-0.25, -0.2) is 12.7 Å². The van der Waals surface area contributed by atoms with E-state index in [0.717, 1.165) is 51.0 Å². The average Bonchev–Trinajstić information content (AvgIpc) is 2.97. The standard InChI is InChI=1S/C31H42Cl2N4O4S/c1-34(2)30(38)25-7-5-23(6-8-25)21-24-11-17-35(18-12-24)15-4-16-37(27-9-10-28(32)29(33)22-27)31(39)26-13-19-36(20-14-26)42(3,40)41/h5-10,22,24,26H,4,11-21H2,1-3H3. The van der Waals surface area contributed by atoms with E-state index in [9.17, 15) is 18.0 Å². The molecule has 0 aromatic heterocycles. The summed E-state index contributed by atoms with van der Waals surface area (Å²) in [5.74, 6) is 0.414. The number of rotatable bonds is 10. The minimum Gasteiger partial charge on any atom is -0.345 e. The second-order valence-electron chi connectivity index (χ2n) is 11.8. The molecule has 42 heavy (non-hydrogen) atoms. The Morgan fingerprint density at radius 2 is 1.55 bits per heavy atom. The van der Waals surface area contributed by atoms with E-state index in [4.69, 9.17) is 23.2 Å². The first-order chi connectivity index (χ1) is 19.9. The molecule has 0 spiro atoms. The molecule has 8 nitrogen and oxygen atoms in total. The van der Waals surface area contributed by atoms with Gasteiger partial charge in [-0.15, -0.1) is 0 Å². The van der Waals surface area contributed by atoms with E-state index in [2.05, 4.69) is 17.0 Å². The number of nitrogens with zero attached hydrogens (tertiary/aromatic N) is 4. The molecule has 230 valence electrons. The van der Waals surface area contributed by atoms with Crippen molar-refractivity contribution in [2.45, 2.75) is 38.5 Å². The molecule has 0 aliphatic carbocycles. The van der Waals surface area contributed by atoms with E-state index >= 15 is 0 Å². The summed E-state index contributed by atoms with van der Waals surface area (Å²) in [5, 5.41) is 0.843. The molecule has 2 amide bonds. The van der Waals surface area contributed by atoms with Crippen LogP contribution in [0.3, 0.4) is 0 Å². The highest BCUT2D eigenvalue weighted by molar-refractivity contribution is 7.88. The molecule has 0 atom stereocenters. The number of piperidine rings is 2. The number of sulfonamides is 1. The molecule has 2 aliphatic heterocycles. The zero-order valence-corrected chi connectivity index (χ0v) is 27.1. The van der Waals surface area contributed by atoms with Crippen LogP contribution in [0.2, 0.25) is 10.0 Å². The first kappa shape index (κ1) is 32.7. The number of amides is 2. The van der Waals surface area contributed by atoms with Crippen LogP contribution >= 0.6 is 23.2 Å². The monoisotopic (exact) mass is 636 g/mol. The van der Waals surface area contributed by atoms with E-state index in [0.29, 0.717) is 54.0 Å². The van der Waals surface area contributed by atoms with Crippen molar-refractivity contribution in [1.29, 1.82) is 0 Å². The van der Waals surface area contributed by atoms with E-state index in [1.54, 1.807) is 36.0 Å². The molecule has 2 heterocycles. The van der Waals surface area contributed by atoms with Crippen molar-refractivity contribution in [2.75, 3.05) is 64.5 Å². The lowest BCUT2D eigenvalue weighted by Crippen LogP contribution is -2.45. The lowest BCUT2D eigenvalue weighted by Gasteiger charge is -2.35. The fraction of sp³-hybridized carbons (Fsp3) is 0.548. The van der Waals surface area contributed by atoms with Crippen molar-refractivity contribution in [3.63, 3.8) is 0 Å². The van der Waals surface area contributed by atoms with Crippen LogP contribution in [-0.4, -0.2) is 94.0 Å². The number of carbonyl (C=O) groups is 2. The van der Waals surface area contributed by atoms with Crippen LogP contribution < -0.4 is 4.90 Å².